The molecule has 16 heavy (non-hydrogen) atoms. The summed E-state index contributed by atoms with van der Waals surface area (Å²) in [6, 6.07) is 0. The van der Waals surface area contributed by atoms with Gasteiger partial charge in [-0.2, -0.15) is 0 Å². The number of rotatable bonds is 11. The van der Waals surface area contributed by atoms with Crippen molar-refractivity contribution in [3.63, 3.8) is 0 Å². The van der Waals surface area contributed by atoms with Gasteiger partial charge in [-0.3, -0.25) is 4.18 Å². The van der Waals surface area contributed by atoms with Gasteiger partial charge in [0.05, 0.1) is 6.10 Å². The maximum absolute atomic E-state index is 10.5. The van der Waals surface area contributed by atoms with Crippen molar-refractivity contribution in [1.29, 1.82) is 0 Å². The van der Waals surface area contributed by atoms with E-state index in [9.17, 15) is 8.42 Å². The Morgan fingerprint density at radius 1 is 0.875 bits per heavy atom. The zero-order valence-corrected chi connectivity index (χ0v) is 11.5. The minimum Gasteiger partial charge on any atom is -0.269 e. The first kappa shape index (κ1) is 15.9. The summed E-state index contributed by atoms with van der Waals surface area (Å²) in [5.41, 5.74) is 0. The van der Waals surface area contributed by atoms with Crippen LogP contribution in [0.25, 0.3) is 0 Å². The first-order chi connectivity index (χ1) is 7.70. The van der Waals surface area contributed by atoms with Crippen molar-refractivity contribution in [3.8, 4) is 0 Å². The molecule has 0 saturated carbocycles. The van der Waals surface area contributed by atoms with E-state index >= 15 is 0 Å². The van der Waals surface area contributed by atoms with Gasteiger partial charge in [-0.1, -0.05) is 58.8 Å². The highest BCUT2D eigenvalue weighted by molar-refractivity contribution is 7.67. The highest BCUT2D eigenvalue weighted by atomic mass is 32.2. The first-order valence-electron chi connectivity index (χ1n) is 6.51. The van der Waals surface area contributed by atoms with Gasteiger partial charge in [-0.05, 0) is 12.8 Å². The predicted molar refractivity (Wildman–Crippen MR) is 68.1 cm³/mol. The van der Waals surface area contributed by atoms with Crippen LogP contribution >= 0.6 is 0 Å². The average Bonchev–Trinajstić information content (AvgIpc) is 2.22. The van der Waals surface area contributed by atoms with Crippen LogP contribution in [-0.2, 0) is 15.2 Å². The summed E-state index contributed by atoms with van der Waals surface area (Å²) in [7, 11) is -2.68. The normalized spacial score (nSPS) is 13.2. The van der Waals surface area contributed by atoms with E-state index < -0.39 is 11.0 Å². The fraction of sp³-hybridized carbons (Fsp3) is 1.00. The topological polar surface area (TPSA) is 43.4 Å². The van der Waals surface area contributed by atoms with Crippen molar-refractivity contribution in [2.75, 3.05) is 0 Å². The van der Waals surface area contributed by atoms with Crippen molar-refractivity contribution in [3.05, 3.63) is 0 Å². The first-order valence-corrected chi connectivity index (χ1v) is 7.61. The molecular formula is C12H26O3S. The summed E-state index contributed by atoms with van der Waals surface area (Å²) < 4.78 is 25.8. The van der Waals surface area contributed by atoms with Crippen LogP contribution in [0, 0.1) is 0 Å². The number of thiol groups is 1. The van der Waals surface area contributed by atoms with Crippen molar-refractivity contribution >= 4 is 11.0 Å². The minimum atomic E-state index is -2.68. The molecule has 0 rings (SSSR count). The molecule has 0 aliphatic rings. The lowest BCUT2D eigenvalue weighted by Crippen LogP contribution is -2.11. The molecule has 0 aromatic rings. The molecule has 3 nitrogen and oxygen atoms in total. The highest BCUT2D eigenvalue weighted by Crippen LogP contribution is 2.13. The summed E-state index contributed by atoms with van der Waals surface area (Å²) >= 11 is 0. The molecule has 1 atom stereocenters. The SMILES string of the molecule is CCCCCCCCC(CCC)O[SH](=O)=O. The Kier molecular flexibility index (Phi) is 11.3. The summed E-state index contributed by atoms with van der Waals surface area (Å²) in [5.74, 6) is 0. The van der Waals surface area contributed by atoms with Crippen LogP contribution < -0.4 is 0 Å². The minimum absolute atomic E-state index is 0.0858. The Labute approximate surface area is 102 Å². The second kappa shape index (κ2) is 11.4. The zero-order chi connectivity index (χ0) is 12.2. The molecule has 98 valence electrons. The molecular weight excluding hydrogens is 224 g/mol. The predicted octanol–water partition coefficient (Wildman–Crippen LogP) is 3.45. The third kappa shape index (κ3) is 10.4. The van der Waals surface area contributed by atoms with Gasteiger partial charge in [-0.25, -0.2) is 8.42 Å². The van der Waals surface area contributed by atoms with E-state index in [-0.39, 0.29) is 6.10 Å². The van der Waals surface area contributed by atoms with E-state index in [1.54, 1.807) is 0 Å². The van der Waals surface area contributed by atoms with E-state index in [4.69, 9.17) is 4.18 Å². The van der Waals surface area contributed by atoms with Crippen LogP contribution in [0.3, 0.4) is 0 Å². The Balaban J connectivity index is 3.51. The lowest BCUT2D eigenvalue weighted by Gasteiger charge is -2.12. The second-order valence-electron chi connectivity index (χ2n) is 4.30. The van der Waals surface area contributed by atoms with Gasteiger partial charge in [0, 0.05) is 0 Å². The van der Waals surface area contributed by atoms with Crippen molar-refractivity contribution in [1.82, 2.24) is 0 Å². The molecule has 0 aromatic heterocycles. The number of hydrogen-bond acceptors (Lipinski definition) is 3. The van der Waals surface area contributed by atoms with Crippen LogP contribution in [0.1, 0.15) is 71.6 Å². The standard InChI is InChI=1S/C12H26O3S/c1-3-5-6-7-8-9-11-12(10-4-2)15-16(13)14/h12,16H,3-11H2,1-2H3. The molecule has 0 aromatic carbocycles. The molecule has 0 radical (unpaired) electrons. The summed E-state index contributed by atoms with van der Waals surface area (Å²) in [6.45, 7) is 4.26. The van der Waals surface area contributed by atoms with Gasteiger partial charge in [0.1, 0.15) is 0 Å². The zero-order valence-electron chi connectivity index (χ0n) is 10.6. The van der Waals surface area contributed by atoms with E-state index in [0.29, 0.717) is 0 Å². The van der Waals surface area contributed by atoms with Crippen molar-refractivity contribution in [2.45, 2.75) is 77.7 Å². The van der Waals surface area contributed by atoms with E-state index in [1.807, 2.05) is 0 Å². The van der Waals surface area contributed by atoms with Gasteiger partial charge >= 0.3 is 0 Å². The van der Waals surface area contributed by atoms with Gasteiger partial charge in [0.2, 0.25) is 0 Å². The second-order valence-corrected chi connectivity index (χ2v) is 4.95. The molecule has 0 aliphatic carbocycles. The largest absolute Gasteiger partial charge is 0.269 e. The molecule has 0 N–H and O–H groups in total. The van der Waals surface area contributed by atoms with Gasteiger partial charge in [-0.15, -0.1) is 0 Å². The lowest BCUT2D eigenvalue weighted by atomic mass is 10.0. The fourth-order valence-corrected chi connectivity index (χ4v) is 2.30. The molecule has 0 saturated heterocycles. The van der Waals surface area contributed by atoms with Crippen LogP contribution in [0.15, 0.2) is 0 Å². The Morgan fingerprint density at radius 2 is 1.50 bits per heavy atom. The Bertz CT molecular complexity index is 206. The third-order valence-corrected chi connectivity index (χ3v) is 3.20. The molecule has 0 amide bonds. The van der Waals surface area contributed by atoms with Gasteiger partial charge in [0.15, 0.2) is 0 Å². The quantitative estimate of drug-likeness (QED) is 0.451. The smallest absolute Gasteiger partial charge is 0.257 e. The van der Waals surface area contributed by atoms with E-state index in [1.165, 1.54) is 32.1 Å². The number of unbranched alkanes of at least 4 members (excludes halogenated alkanes) is 5. The maximum atomic E-state index is 10.5. The van der Waals surface area contributed by atoms with Crippen LogP contribution in [0.5, 0.6) is 0 Å². The monoisotopic (exact) mass is 250 g/mol. The molecule has 0 heterocycles. The molecule has 0 aliphatic heterocycles. The molecule has 0 spiro atoms. The summed E-state index contributed by atoms with van der Waals surface area (Å²) in [6.07, 6.45) is 10.0. The van der Waals surface area contributed by atoms with E-state index in [2.05, 4.69) is 13.8 Å². The van der Waals surface area contributed by atoms with E-state index in [0.717, 1.165) is 25.7 Å². The van der Waals surface area contributed by atoms with Crippen LogP contribution in [0.4, 0.5) is 0 Å². The van der Waals surface area contributed by atoms with Crippen molar-refractivity contribution < 1.29 is 12.6 Å². The lowest BCUT2D eigenvalue weighted by molar-refractivity contribution is 0.191. The average molecular weight is 250 g/mol. The van der Waals surface area contributed by atoms with Crippen LogP contribution in [-0.4, -0.2) is 14.5 Å². The third-order valence-electron chi connectivity index (χ3n) is 2.73. The van der Waals surface area contributed by atoms with Crippen molar-refractivity contribution in [2.24, 2.45) is 0 Å². The molecule has 0 fully saturated rings. The maximum Gasteiger partial charge on any atom is 0.257 e. The summed E-state index contributed by atoms with van der Waals surface area (Å²) in [5, 5.41) is 0. The van der Waals surface area contributed by atoms with Gasteiger partial charge < -0.3 is 0 Å². The fourth-order valence-electron chi connectivity index (χ4n) is 1.85. The number of hydrogen-bond donors (Lipinski definition) is 1. The Morgan fingerprint density at radius 3 is 2.06 bits per heavy atom. The molecule has 0 bridgehead atoms. The highest BCUT2D eigenvalue weighted by Gasteiger charge is 2.08. The van der Waals surface area contributed by atoms with Crippen LogP contribution in [0.2, 0.25) is 0 Å². The molecule has 1 unspecified atom stereocenters. The summed E-state index contributed by atoms with van der Waals surface area (Å²) in [4.78, 5) is 0. The van der Waals surface area contributed by atoms with Gasteiger partial charge in [0.25, 0.3) is 11.0 Å². The Hall–Kier alpha value is -0.0900. The molecule has 4 heteroatoms.